The lowest BCUT2D eigenvalue weighted by Gasteiger charge is -2.12. The fourth-order valence-corrected chi connectivity index (χ4v) is 1.78. The number of carbonyl (C=O) groups excluding carboxylic acids is 1. The molecule has 5 heteroatoms. The van der Waals surface area contributed by atoms with E-state index in [0.717, 1.165) is 11.1 Å². The first-order valence-electron chi connectivity index (χ1n) is 5.39. The molecular weight excluding hydrogens is 220 g/mol. The first-order valence-corrected chi connectivity index (χ1v) is 5.39. The monoisotopic (exact) mass is 236 g/mol. The Bertz CT molecular complexity index is 467. The molecule has 0 bridgehead atoms. The van der Waals surface area contributed by atoms with E-state index in [-0.39, 0.29) is 23.2 Å². The highest BCUT2D eigenvalue weighted by Gasteiger charge is 2.18. The fourth-order valence-electron chi connectivity index (χ4n) is 1.78. The van der Waals surface area contributed by atoms with Crippen LogP contribution in [0.4, 0.5) is 11.4 Å². The zero-order valence-electron chi connectivity index (χ0n) is 10.4. The zero-order valence-corrected chi connectivity index (χ0v) is 10.4. The van der Waals surface area contributed by atoms with Crippen molar-refractivity contribution in [3.05, 3.63) is 33.4 Å². The minimum atomic E-state index is -0.476. The maximum absolute atomic E-state index is 11.0. The summed E-state index contributed by atoms with van der Waals surface area (Å²) in [5.74, 6) is -0.107. The summed E-state index contributed by atoms with van der Waals surface area (Å²) in [6.45, 7) is 7.16. The van der Waals surface area contributed by atoms with E-state index < -0.39 is 4.92 Å². The van der Waals surface area contributed by atoms with Crippen molar-refractivity contribution in [3.8, 4) is 0 Å². The molecule has 0 radical (unpaired) electrons. The van der Waals surface area contributed by atoms with Crippen LogP contribution in [0.5, 0.6) is 0 Å². The van der Waals surface area contributed by atoms with Crippen LogP contribution in [0.25, 0.3) is 0 Å². The zero-order chi connectivity index (χ0) is 13.2. The lowest BCUT2D eigenvalue weighted by molar-refractivity contribution is -0.384. The second kappa shape index (κ2) is 4.95. The third kappa shape index (κ3) is 3.03. The molecule has 0 saturated heterocycles. The van der Waals surface area contributed by atoms with E-state index in [4.69, 9.17) is 0 Å². The van der Waals surface area contributed by atoms with Crippen molar-refractivity contribution in [3.63, 3.8) is 0 Å². The number of aryl methyl sites for hydroxylation is 1. The van der Waals surface area contributed by atoms with Gasteiger partial charge in [-0.25, -0.2) is 0 Å². The average Bonchev–Trinajstić information content (AvgIpc) is 2.15. The van der Waals surface area contributed by atoms with Crippen LogP contribution >= 0.6 is 0 Å². The summed E-state index contributed by atoms with van der Waals surface area (Å²) in [4.78, 5) is 21.5. The van der Waals surface area contributed by atoms with Crippen molar-refractivity contribution in [1.82, 2.24) is 0 Å². The van der Waals surface area contributed by atoms with E-state index in [1.165, 1.54) is 13.0 Å². The van der Waals surface area contributed by atoms with Crippen molar-refractivity contribution in [2.24, 2.45) is 0 Å². The summed E-state index contributed by atoms with van der Waals surface area (Å²) in [5.41, 5.74) is 2.05. The molecular formula is C12H16N2O3. The highest BCUT2D eigenvalue weighted by Crippen LogP contribution is 2.31. The van der Waals surface area contributed by atoms with Gasteiger partial charge in [-0.15, -0.1) is 0 Å². The van der Waals surface area contributed by atoms with Crippen molar-refractivity contribution < 1.29 is 9.72 Å². The molecule has 1 aromatic carbocycles. The molecule has 1 amide bonds. The predicted molar refractivity (Wildman–Crippen MR) is 66.2 cm³/mol. The molecule has 1 aromatic rings. The molecule has 0 aliphatic rings. The average molecular weight is 236 g/mol. The molecule has 0 heterocycles. The fraction of sp³-hybridized carbons (Fsp3) is 0.417. The van der Waals surface area contributed by atoms with Gasteiger partial charge in [-0.1, -0.05) is 13.8 Å². The van der Waals surface area contributed by atoms with Crippen LogP contribution in [0.1, 0.15) is 37.8 Å². The topological polar surface area (TPSA) is 72.2 Å². The van der Waals surface area contributed by atoms with Gasteiger partial charge >= 0.3 is 0 Å². The summed E-state index contributed by atoms with van der Waals surface area (Å²) in [5, 5.41) is 13.4. The Balaban J connectivity index is 3.35. The normalized spacial score (nSPS) is 10.4. The van der Waals surface area contributed by atoms with E-state index in [2.05, 4.69) is 5.32 Å². The highest BCUT2D eigenvalue weighted by molar-refractivity contribution is 5.91. The molecule has 0 saturated carbocycles. The van der Waals surface area contributed by atoms with Crippen molar-refractivity contribution in [1.29, 1.82) is 0 Å². The summed E-state index contributed by atoms with van der Waals surface area (Å²) in [6.07, 6.45) is 0. The third-order valence-corrected chi connectivity index (χ3v) is 2.51. The summed E-state index contributed by atoms with van der Waals surface area (Å²) >= 11 is 0. The van der Waals surface area contributed by atoms with Gasteiger partial charge < -0.3 is 5.32 Å². The largest absolute Gasteiger partial charge is 0.321 e. The van der Waals surface area contributed by atoms with E-state index in [1.807, 2.05) is 20.8 Å². The molecule has 1 rings (SSSR count). The number of amides is 1. The molecule has 0 unspecified atom stereocenters. The SMILES string of the molecule is CC(=O)Nc1cc(C)c(C(C)C)cc1[N+](=O)[O-]. The van der Waals surface area contributed by atoms with E-state index >= 15 is 0 Å². The molecule has 0 atom stereocenters. The number of nitrogens with one attached hydrogen (secondary N) is 1. The Kier molecular flexibility index (Phi) is 3.83. The molecule has 0 aliphatic heterocycles. The first kappa shape index (κ1) is 13.2. The van der Waals surface area contributed by atoms with Gasteiger partial charge in [-0.2, -0.15) is 0 Å². The number of nitro benzene ring substituents is 1. The molecule has 0 spiro atoms. The Morgan fingerprint density at radius 3 is 2.41 bits per heavy atom. The van der Waals surface area contributed by atoms with Gasteiger partial charge in [0.2, 0.25) is 5.91 Å². The smallest absolute Gasteiger partial charge is 0.293 e. The van der Waals surface area contributed by atoms with E-state index in [0.29, 0.717) is 0 Å². The number of hydrogen-bond donors (Lipinski definition) is 1. The van der Waals surface area contributed by atoms with E-state index in [9.17, 15) is 14.9 Å². The highest BCUT2D eigenvalue weighted by atomic mass is 16.6. The van der Waals surface area contributed by atoms with Crippen LogP contribution in [0.2, 0.25) is 0 Å². The first-order chi connectivity index (χ1) is 7.82. The van der Waals surface area contributed by atoms with Crippen LogP contribution in [0.3, 0.4) is 0 Å². The molecule has 0 aliphatic carbocycles. The second-order valence-corrected chi connectivity index (χ2v) is 4.32. The summed E-state index contributed by atoms with van der Waals surface area (Å²) < 4.78 is 0. The Labute approximate surface area is 100.0 Å². The Hall–Kier alpha value is -1.91. The van der Waals surface area contributed by atoms with E-state index in [1.54, 1.807) is 6.07 Å². The minimum absolute atomic E-state index is 0.0606. The van der Waals surface area contributed by atoms with Crippen LogP contribution in [-0.2, 0) is 4.79 Å². The number of nitrogens with zero attached hydrogens (tertiary/aromatic N) is 1. The molecule has 17 heavy (non-hydrogen) atoms. The molecule has 5 nitrogen and oxygen atoms in total. The van der Waals surface area contributed by atoms with Crippen LogP contribution in [-0.4, -0.2) is 10.8 Å². The van der Waals surface area contributed by atoms with Crippen molar-refractivity contribution in [2.45, 2.75) is 33.6 Å². The number of carbonyl (C=O) groups is 1. The lowest BCUT2D eigenvalue weighted by atomic mass is 9.96. The van der Waals surface area contributed by atoms with Gasteiger partial charge in [0, 0.05) is 13.0 Å². The molecule has 1 N–H and O–H groups in total. The van der Waals surface area contributed by atoms with Gasteiger partial charge in [0.1, 0.15) is 5.69 Å². The van der Waals surface area contributed by atoms with Gasteiger partial charge in [0.05, 0.1) is 4.92 Å². The van der Waals surface area contributed by atoms with Crippen LogP contribution < -0.4 is 5.32 Å². The van der Waals surface area contributed by atoms with Crippen molar-refractivity contribution >= 4 is 17.3 Å². The van der Waals surface area contributed by atoms with Gasteiger partial charge in [-0.05, 0) is 30.0 Å². The summed E-state index contributed by atoms with van der Waals surface area (Å²) in [6, 6.07) is 3.18. The number of rotatable bonds is 3. The van der Waals surface area contributed by atoms with Gasteiger partial charge in [0.25, 0.3) is 5.69 Å². The molecule has 92 valence electrons. The number of nitro groups is 1. The standard InChI is InChI=1S/C12H16N2O3/c1-7(2)10-6-12(14(16)17)11(5-8(10)3)13-9(4)15/h5-7H,1-4H3,(H,13,15). The number of anilines is 1. The van der Waals surface area contributed by atoms with Crippen LogP contribution in [0, 0.1) is 17.0 Å². The van der Waals surface area contributed by atoms with Crippen LogP contribution in [0.15, 0.2) is 12.1 Å². The predicted octanol–water partition coefficient (Wildman–Crippen LogP) is 2.99. The maximum atomic E-state index is 11.0. The Morgan fingerprint density at radius 2 is 2.00 bits per heavy atom. The van der Waals surface area contributed by atoms with Crippen molar-refractivity contribution in [2.75, 3.05) is 5.32 Å². The second-order valence-electron chi connectivity index (χ2n) is 4.32. The van der Waals surface area contributed by atoms with Gasteiger partial charge in [0.15, 0.2) is 0 Å². The Morgan fingerprint density at radius 1 is 1.41 bits per heavy atom. The lowest BCUT2D eigenvalue weighted by Crippen LogP contribution is -2.09. The summed E-state index contributed by atoms with van der Waals surface area (Å²) in [7, 11) is 0. The molecule has 0 aromatic heterocycles. The maximum Gasteiger partial charge on any atom is 0.293 e. The third-order valence-electron chi connectivity index (χ3n) is 2.51. The number of benzene rings is 1. The minimum Gasteiger partial charge on any atom is -0.321 e. The number of hydrogen-bond acceptors (Lipinski definition) is 3. The van der Waals surface area contributed by atoms with Gasteiger partial charge in [-0.3, -0.25) is 14.9 Å². The quantitative estimate of drug-likeness (QED) is 0.647. The molecule has 0 fully saturated rings.